The Morgan fingerprint density at radius 1 is 1.21 bits per heavy atom. The van der Waals surface area contributed by atoms with Gasteiger partial charge in [-0.05, 0) is 41.6 Å². The van der Waals surface area contributed by atoms with Crippen molar-refractivity contribution in [2.75, 3.05) is 14.2 Å². The van der Waals surface area contributed by atoms with Gasteiger partial charge < -0.3 is 9.47 Å². The first-order chi connectivity index (χ1) is 13.4. The Kier molecular flexibility index (Phi) is 5.96. The van der Waals surface area contributed by atoms with Crippen LogP contribution < -0.4 is 14.8 Å². The second-order valence-corrected chi connectivity index (χ2v) is 6.78. The van der Waals surface area contributed by atoms with Crippen LogP contribution in [0.15, 0.2) is 48.0 Å². The molecule has 0 bridgehead atoms. The number of thiocarbonyl (C=S) groups is 1. The fourth-order valence-electron chi connectivity index (χ4n) is 2.61. The molecule has 0 saturated carbocycles. The summed E-state index contributed by atoms with van der Waals surface area (Å²) in [6.07, 6.45) is 1.44. The number of halogens is 1. The molecule has 1 N–H and O–H groups in total. The van der Waals surface area contributed by atoms with Gasteiger partial charge in [-0.3, -0.25) is 19.8 Å². The third kappa shape index (κ3) is 4.16. The summed E-state index contributed by atoms with van der Waals surface area (Å²) in [5.74, 6) is -0.281. The maximum absolute atomic E-state index is 12.3. The van der Waals surface area contributed by atoms with Crippen LogP contribution >= 0.6 is 23.8 Å². The minimum Gasteiger partial charge on any atom is -0.493 e. The molecule has 1 fully saturated rings. The van der Waals surface area contributed by atoms with E-state index in [1.807, 2.05) is 30.3 Å². The summed E-state index contributed by atoms with van der Waals surface area (Å²) in [4.78, 5) is 25.7. The summed E-state index contributed by atoms with van der Waals surface area (Å²) in [6.45, 7) is 0.320. The molecule has 2 aromatic rings. The van der Waals surface area contributed by atoms with Crippen LogP contribution in [0.2, 0.25) is 5.02 Å². The number of ether oxygens (including phenoxy) is 2. The van der Waals surface area contributed by atoms with Crippen LogP contribution in [0.5, 0.6) is 11.5 Å². The second kappa shape index (κ2) is 8.41. The lowest BCUT2D eigenvalue weighted by Crippen LogP contribution is -2.52. The van der Waals surface area contributed by atoms with Crippen molar-refractivity contribution in [1.29, 1.82) is 0 Å². The van der Waals surface area contributed by atoms with Crippen LogP contribution in [0.25, 0.3) is 6.08 Å². The van der Waals surface area contributed by atoms with Crippen molar-refractivity contribution in [2.45, 2.75) is 6.61 Å². The van der Waals surface area contributed by atoms with Gasteiger partial charge in [0.25, 0.3) is 11.8 Å². The monoisotopic (exact) mass is 416 g/mol. The van der Waals surface area contributed by atoms with Crippen molar-refractivity contribution in [1.82, 2.24) is 10.2 Å². The maximum atomic E-state index is 12.3. The molecule has 6 nitrogen and oxygen atoms in total. The van der Waals surface area contributed by atoms with E-state index >= 15 is 0 Å². The van der Waals surface area contributed by atoms with E-state index in [2.05, 4.69) is 5.32 Å². The average molecular weight is 417 g/mol. The van der Waals surface area contributed by atoms with E-state index in [0.717, 1.165) is 5.56 Å². The first-order valence-corrected chi connectivity index (χ1v) is 9.08. The van der Waals surface area contributed by atoms with Gasteiger partial charge in [0.15, 0.2) is 16.6 Å². The number of hydrogen-bond donors (Lipinski definition) is 1. The Bertz CT molecular complexity index is 976. The van der Waals surface area contributed by atoms with Crippen LogP contribution in [0, 0.1) is 0 Å². The minimum atomic E-state index is -0.562. The Morgan fingerprint density at radius 3 is 2.61 bits per heavy atom. The molecule has 0 radical (unpaired) electrons. The van der Waals surface area contributed by atoms with E-state index in [4.69, 9.17) is 33.3 Å². The molecule has 1 aliphatic rings. The summed E-state index contributed by atoms with van der Waals surface area (Å²) >= 11 is 11.3. The number of likely N-dealkylation sites (N-methyl/N-ethyl adjacent to an activating group) is 1. The van der Waals surface area contributed by atoms with Crippen LogP contribution in [-0.4, -0.2) is 36.0 Å². The van der Waals surface area contributed by atoms with Gasteiger partial charge in [0.05, 0.1) is 12.1 Å². The number of nitrogens with one attached hydrogen (secondary N) is 1. The SMILES string of the molecule is COc1cc(/C=C2\C(=O)NC(=S)N(C)C2=O)cc(Cl)c1OCc1ccccc1. The fourth-order valence-corrected chi connectivity index (χ4v) is 3.05. The van der Waals surface area contributed by atoms with E-state index in [1.54, 1.807) is 12.1 Å². The smallest absolute Gasteiger partial charge is 0.265 e. The predicted octanol–water partition coefficient (Wildman–Crippen LogP) is 3.18. The van der Waals surface area contributed by atoms with E-state index in [9.17, 15) is 9.59 Å². The molecule has 1 heterocycles. The first kappa shape index (κ1) is 19.9. The maximum Gasteiger partial charge on any atom is 0.265 e. The average Bonchev–Trinajstić information content (AvgIpc) is 2.69. The van der Waals surface area contributed by atoms with Gasteiger partial charge in [-0.2, -0.15) is 0 Å². The van der Waals surface area contributed by atoms with Crippen molar-refractivity contribution < 1.29 is 19.1 Å². The van der Waals surface area contributed by atoms with Crippen LogP contribution in [0.3, 0.4) is 0 Å². The highest BCUT2D eigenvalue weighted by atomic mass is 35.5. The Hall–Kier alpha value is -2.90. The standard InChI is InChI=1S/C20H17ClN2O4S/c1-23-19(25)14(18(24)22-20(23)28)8-13-9-15(21)17(16(10-13)26-2)27-11-12-6-4-3-5-7-12/h3-10H,11H2,1-2H3,(H,22,24,28)/b14-8+. The largest absolute Gasteiger partial charge is 0.493 e. The summed E-state index contributed by atoms with van der Waals surface area (Å²) in [7, 11) is 2.98. The third-order valence-electron chi connectivity index (χ3n) is 4.09. The molecule has 2 aromatic carbocycles. The lowest BCUT2D eigenvalue weighted by molar-refractivity contribution is -0.128. The Labute approximate surface area is 172 Å². The molecule has 1 aliphatic heterocycles. The molecule has 3 rings (SSSR count). The minimum absolute atomic E-state index is 0.0489. The lowest BCUT2D eigenvalue weighted by Gasteiger charge is -2.25. The molecule has 8 heteroatoms. The summed E-state index contributed by atoms with van der Waals surface area (Å²) in [6, 6.07) is 12.9. The van der Waals surface area contributed by atoms with Crippen molar-refractivity contribution in [3.05, 3.63) is 64.2 Å². The van der Waals surface area contributed by atoms with Gasteiger partial charge in [-0.25, -0.2) is 0 Å². The second-order valence-electron chi connectivity index (χ2n) is 5.99. The molecule has 0 aliphatic carbocycles. The number of methoxy groups -OCH3 is 1. The Balaban J connectivity index is 1.89. The number of rotatable bonds is 5. The highest BCUT2D eigenvalue weighted by Gasteiger charge is 2.30. The topological polar surface area (TPSA) is 67.9 Å². The van der Waals surface area contributed by atoms with Crippen LogP contribution in [-0.2, 0) is 16.2 Å². The zero-order valence-electron chi connectivity index (χ0n) is 15.2. The number of carbonyl (C=O) groups excluding carboxylic acids is 2. The van der Waals surface area contributed by atoms with Crippen molar-refractivity contribution in [2.24, 2.45) is 0 Å². The van der Waals surface area contributed by atoms with Gasteiger partial charge in [0.2, 0.25) is 0 Å². The summed E-state index contributed by atoms with van der Waals surface area (Å²) < 4.78 is 11.2. The fraction of sp³-hybridized carbons (Fsp3) is 0.150. The van der Waals surface area contributed by atoms with E-state index in [0.29, 0.717) is 28.7 Å². The van der Waals surface area contributed by atoms with Crippen LogP contribution in [0.4, 0.5) is 0 Å². The molecule has 0 spiro atoms. The van der Waals surface area contributed by atoms with Gasteiger partial charge >= 0.3 is 0 Å². The lowest BCUT2D eigenvalue weighted by atomic mass is 10.1. The number of carbonyl (C=O) groups is 2. The number of nitrogens with zero attached hydrogens (tertiary/aromatic N) is 1. The van der Waals surface area contributed by atoms with Gasteiger partial charge in [-0.1, -0.05) is 41.9 Å². The zero-order chi connectivity index (χ0) is 20.3. The quantitative estimate of drug-likeness (QED) is 0.460. The molecular weight excluding hydrogens is 400 g/mol. The number of benzene rings is 2. The normalized spacial score (nSPS) is 15.6. The summed E-state index contributed by atoms with van der Waals surface area (Å²) in [5.41, 5.74) is 1.45. The van der Waals surface area contributed by atoms with E-state index in [1.165, 1.54) is 25.1 Å². The number of amides is 2. The van der Waals surface area contributed by atoms with E-state index in [-0.39, 0.29) is 10.7 Å². The Morgan fingerprint density at radius 2 is 1.93 bits per heavy atom. The van der Waals surface area contributed by atoms with Gasteiger partial charge in [0, 0.05) is 7.05 Å². The van der Waals surface area contributed by atoms with Crippen LogP contribution in [0.1, 0.15) is 11.1 Å². The highest BCUT2D eigenvalue weighted by Crippen LogP contribution is 2.37. The summed E-state index contributed by atoms with van der Waals surface area (Å²) in [5, 5.41) is 2.83. The molecular formula is C20H17ClN2O4S. The number of hydrogen-bond acceptors (Lipinski definition) is 5. The zero-order valence-corrected chi connectivity index (χ0v) is 16.8. The molecule has 0 atom stereocenters. The molecule has 0 aromatic heterocycles. The van der Waals surface area contributed by atoms with Crippen molar-refractivity contribution >= 4 is 46.8 Å². The van der Waals surface area contributed by atoms with Gasteiger partial charge in [0.1, 0.15) is 12.2 Å². The van der Waals surface area contributed by atoms with Crippen molar-refractivity contribution in [3.63, 3.8) is 0 Å². The first-order valence-electron chi connectivity index (χ1n) is 8.30. The molecule has 28 heavy (non-hydrogen) atoms. The van der Waals surface area contributed by atoms with Crippen molar-refractivity contribution in [3.8, 4) is 11.5 Å². The molecule has 144 valence electrons. The predicted molar refractivity (Wildman–Crippen MR) is 110 cm³/mol. The van der Waals surface area contributed by atoms with Gasteiger partial charge in [-0.15, -0.1) is 0 Å². The van der Waals surface area contributed by atoms with E-state index < -0.39 is 11.8 Å². The molecule has 1 saturated heterocycles. The molecule has 0 unspecified atom stereocenters. The molecule has 2 amide bonds. The highest BCUT2D eigenvalue weighted by molar-refractivity contribution is 7.80. The third-order valence-corrected chi connectivity index (χ3v) is 4.75.